The molecule has 2 rings (SSSR count). The first-order valence-electron chi connectivity index (χ1n) is 7.58. The number of aryl methyl sites for hydroxylation is 1. The van der Waals surface area contributed by atoms with E-state index in [2.05, 4.69) is 10.5 Å². The highest BCUT2D eigenvalue weighted by molar-refractivity contribution is 5.89. The highest BCUT2D eigenvalue weighted by atomic mass is 19.1. The SMILES string of the molecule is CCN1CCN(C(=O)Nc2cc(F)c(=O)n(CCF)c2)CC1N=O. The summed E-state index contributed by atoms with van der Waals surface area (Å²) in [6, 6.07) is 0.344. The van der Waals surface area contributed by atoms with Gasteiger partial charge in [-0.15, -0.1) is 4.91 Å². The van der Waals surface area contributed by atoms with Crippen LogP contribution in [0.5, 0.6) is 0 Å². The number of alkyl halides is 1. The number of nitroso groups, excluding NO2 is 1. The standard InChI is InChI=1S/C14H19F2N5O3/c1-2-19-5-6-21(9-12(19)18-24)14(23)17-10-7-11(16)13(22)20(8-10)4-3-15/h7-8,12H,2-6,9H2,1H3,(H,17,23). The van der Waals surface area contributed by atoms with Gasteiger partial charge in [-0.3, -0.25) is 9.69 Å². The Morgan fingerprint density at radius 2 is 2.21 bits per heavy atom. The van der Waals surface area contributed by atoms with E-state index in [-0.39, 0.29) is 18.8 Å². The number of halogens is 2. The number of urea groups is 1. The number of amides is 2. The molecule has 1 atom stereocenters. The van der Waals surface area contributed by atoms with Crippen LogP contribution in [0.3, 0.4) is 0 Å². The molecule has 0 bridgehead atoms. The quantitative estimate of drug-likeness (QED) is 0.815. The molecule has 132 valence electrons. The van der Waals surface area contributed by atoms with E-state index in [0.717, 1.165) is 10.6 Å². The van der Waals surface area contributed by atoms with Crippen LogP contribution in [-0.2, 0) is 6.54 Å². The normalized spacial score (nSPS) is 18.5. The zero-order valence-corrected chi connectivity index (χ0v) is 13.2. The number of nitrogens with zero attached hydrogens (tertiary/aromatic N) is 4. The molecular weight excluding hydrogens is 324 g/mol. The van der Waals surface area contributed by atoms with E-state index < -0.39 is 30.2 Å². The van der Waals surface area contributed by atoms with Gasteiger partial charge in [0, 0.05) is 25.4 Å². The van der Waals surface area contributed by atoms with Crippen LogP contribution in [0.1, 0.15) is 6.92 Å². The van der Waals surface area contributed by atoms with Gasteiger partial charge in [0.15, 0.2) is 12.0 Å². The highest BCUT2D eigenvalue weighted by Crippen LogP contribution is 2.13. The molecule has 0 spiro atoms. The van der Waals surface area contributed by atoms with Gasteiger partial charge in [-0.25, -0.2) is 13.6 Å². The number of anilines is 1. The van der Waals surface area contributed by atoms with Gasteiger partial charge < -0.3 is 14.8 Å². The van der Waals surface area contributed by atoms with Crippen molar-refractivity contribution in [2.75, 3.05) is 38.2 Å². The minimum absolute atomic E-state index is 0.0408. The second-order valence-corrected chi connectivity index (χ2v) is 5.36. The molecule has 1 fully saturated rings. The Balaban J connectivity index is 2.10. The van der Waals surface area contributed by atoms with Crippen LogP contribution in [0.25, 0.3) is 0 Å². The van der Waals surface area contributed by atoms with E-state index >= 15 is 0 Å². The zero-order chi connectivity index (χ0) is 17.7. The maximum absolute atomic E-state index is 13.6. The summed E-state index contributed by atoms with van der Waals surface area (Å²) in [4.78, 5) is 37.9. The van der Waals surface area contributed by atoms with Crippen LogP contribution in [-0.4, -0.2) is 59.4 Å². The number of piperazine rings is 1. The summed E-state index contributed by atoms with van der Waals surface area (Å²) in [6.07, 6.45) is 0.549. The summed E-state index contributed by atoms with van der Waals surface area (Å²) < 4.78 is 26.8. The summed E-state index contributed by atoms with van der Waals surface area (Å²) in [7, 11) is 0. The molecule has 0 saturated carbocycles. The van der Waals surface area contributed by atoms with Crippen LogP contribution in [0, 0.1) is 10.7 Å². The van der Waals surface area contributed by atoms with Crippen LogP contribution in [0.2, 0.25) is 0 Å². The van der Waals surface area contributed by atoms with Crippen molar-refractivity contribution in [3.8, 4) is 0 Å². The van der Waals surface area contributed by atoms with Gasteiger partial charge >= 0.3 is 6.03 Å². The lowest BCUT2D eigenvalue weighted by atomic mass is 10.3. The molecule has 8 nitrogen and oxygen atoms in total. The zero-order valence-electron chi connectivity index (χ0n) is 13.2. The fourth-order valence-corrected chi connectivity index (χ4v) is 2.58. The maximum atomic E-state index is 13.6. The van der Waals surface area contributed by atoms with Crippen LogP contribution in [0.15, 0.2) is 22.2 Å². The lowest BCUT2D eigenvalue weighted by molar-refractivity contribution is 0.102. The molecule has 10 heteroatoms. The van der Waals surface area contributed by atoms with Gasteiger partial charge in [0.2, 0.25) is 0 Å². The second kappa shape index (κ2) is 7.95. The summed E-state index contributed by atoms with van der Waals surface area (Å²) in [6.45, 7) is 2.41. The van der Waals surface area contributed by atoms with Crippen molar-refractivity contribution in [2.24, 2.45) is 5.18 Å². The first-order chi connectivity index (χ1) is 11.5. The predicted octanol–water partition coefficient (Wildman–Crippen LogP) is 1.22. The topological polar surface area (TPSA) is 87.0 Å². The number of carbonyl (C=O) groups excluding carboxylic acids is 1. The Hall–Kier alpha value is -2.36. The third-order valence-electron chi connectivity index (χ3n) is 3.90. The molecule has 1 unspecified atom stereocenters. The first kappa shape index (κ1) is 18.0. The summed E-state index contributed by atoms with van der Waals surface area (Å²) in [5.74, 6) is -1.08. The maximum Gasteiger partial charge on any atom is 0.322 e. The summed E-state index contributed by atoms with van der Waals surface area (Å²) in [5, 5.41) is 5.47. The fraction of sp³-hybridized carbons (Fsp3) is 0.571. The largest absolute Gasteiger partial charge is 0.322 e. The predicted molar refractivity (Wildman–Crippen MR) is 84.1 cm³/mol. The number of rotatable bonds is 5. The fourth-order valence-electron chi connectivity index (χ4n) is 2.58. The van der Waals surface area contributed by atoms with Crippen LogP contribution in [0.4, 0.5) is 19.3 Å². The monoisotopic (exact) mass is 343 g/mol. The summed E-state index contributed by atoms with van der Waals surface area (Å²) >= 11 is 0. The van der Waals surface area contributed by atoms with Crippen molar-refractivity contribution in [3.63, 3.8) is 0 Å². The molecule has 24 heavy (non-hydrogen) atoms. The minimum Gasteiger partial charge on any atom is -0.320 e. The number of aromatic nitrogens is 1. The Bertz CT molecular complexity index is 666. The van der Waals surface area contributed by atoms with Gasteiger partial charge in [0.05, 0.1) is 18.8 Å². The van der Waals surface area contributed by atoms with Crippen LogP contribution >= 0.6 is 0 Å². The first-order valence-corrected chi connectivity index (χ1v) is 7.58. The molecule has 1 aliphatic heterocycles. The van der Waals surface area contributed by atoms with Gasteiger partial charge in [-0.05, 0) is 11.7 Å². The smallest absolute Gasteiger partial charge is 0.320 e. The molecule has 1 aromatic rings. The van der Waals surface area contributed by atoms with Gasteiger partial charge in [-0.1, -0.05) is 6.92 Å². The van der Waals surface area contributed by atoms with E-state index in [9.17, 15) is 23.3 Å². The van der Waals surface area contributed by atoms with Gasteiger partial charge in [-0.2, -0.15) is 0 Å². The average molecular weight is 343 g/mol. The van der Waals surface area contributed by atoms with Crippen molar-refractivity contribution in [1.82, 2.24) is 14.4 Å². The van der Waals surface area contributed by atoms with Gasteiger partial charge in [0.1, 0.15) is 6.67 Å². The van der Waals surface area contributed by atoms with E-state index in [0.29, 0.717) is 19.6 Å². The molecule has 1 aliphatic rings. The molecular formula is C14H19F2N5O3. The number of pyridine rings is 1. The molecule has 0 aliphatic carbocycles. The Kier molecular flexibility index (Phi) is 5.96. The molecule has 2 heterocycles. The molecule has 0 aromatic carbocycles. The second-order valence-electron chi connectivity index (χ2n) is 5.36. The minimum atomic E-state index is -1.08. The van der Waals surface area contributed by atoms with Crippen molar-refractivity contribution in [3.05, 3.63) is 33.3 Å². The number of hydrogen-bond donors (Lipinski definition) is 1. The lowest BCUT2D eigenvalue weighted by Crippen LogP contribution is -2.54. The third kappa shape index (κ3) is 3.94. The molecule has 1 saturated heterocycles. The number of hydrogen-bond acceptors (Lipinski definition) is 5. The number of carbonyl (C=O) groups is 1. The lowest BCUT2D eigenvalue weighted by Gasteiger charge is -2.37. The third-order valence-corrected chi connectivity index (χ3v) is 3.90. The van der Waals surface area contributed by atoms with E-state index in [1.807, 2.05) is 11.8 Å². The molecule has 2 amide bonds. The molecule has 1 aromatic heterocycles. The van der Waals surface area contributed by atoms with E-state index in [4.69, 9.17) is 0 Å². The van der Waals surface area contributed by atoms with E-state index in [1.54, 1.807) is 0 Å². The molecule has 0 radical (unpaired) electrons. The van der Waals surface area contributed by atoms with Crippen molar-refractivity contribution >= 4 is 11.7 Å². The van der Waals surface area contributed by atoms with Crippen LogP contribution < -0.4 is 10.9 Å². The van der Waals surface area contributed by atoms with Crippen molar-refractivity contribution in [1.29, 1.82) is 0 Å². The van der Waals surface area contributed by atoms with E-state index in [1.165, 1.54) is 11.1 Å². The number of likely N-dealkylation sites (N-methyl/N-ethyl adjacent to an activating group) is 1. The summed E-state index contributed by atoms with van der Waals surface area (Å²) in [5.41, 5.74) is -0.911. The van der Waals surface area contributed by atoms with Crippen molar-refractivity contribution in [2.45, 2.75) is 19.6 Å². The van der Waals surface area contributed by atoms with Gasteiger partial charge in [0.25, 0.3) is 5.56 Å². The molecule has 1 N–H and O–H groups in total. The highest BCUT2D eigenvalue weighted by Gasteiger charge is 2.29. The Morgan fingerprint density at radius 3 is 2.83 bits per heavy atom. The number of nitrogens with one attached hydrogen (secondary N) is 1. The Morgan fingerprint density at radius 1 is 1.46 bits per heavy atom. The average Bonchev–Trinajstić information content (AvgIpc) is 2.58. The van der Waals surface area contributed by atoms with Crippen molar-refractivity contribution < 1.29 is 13.6 Å². The Labute approximate surface area is 137 Å².